The summed E-state index contributed by atoms with van der Waals surface area (Å²) in [4.78, 5) is 10.4. The molecular formula is C8H14N2O2. The van der Waals surface area contributed by atoms with Crippen molar-refractivity contribution in [1.29, 1.82) is 0 Å². The Morgan fingerprint density at radius 3 is 2.42 bits per heavy atom. The lowest BCUT2D eigenvalue weighted by molar-refractivity contribution is 0.183. The molecule has 3 atom stereocenters. The first kappa shape index (κ1) is 7.86. The van der Waals surface area contributed by atoms with Crippen LogP contribution in [-0.4, -0.2) is 29.3 Å². The molecule has 4 heteroatoms. The highest BCUT2D eigenvalue weighted by molar-refractivity contribution is 5.64. The van der Waals surface area contributed by atoms with Crippen molar-refractivity contribution in [3.8, 4) is 0 Å². The maximum absolute atomic E-state index is 10.4. The smallest absolute Gasteiger partial charge is 0.404 e. The van der Waals surface area contributed by atoms with Gasteiger partial charge in [-0.15, -0.1) is 0 Å². The lowest BCUT2D eigenvalue weighted by Crippen LogP contribution is -2.47. The minimum atomic E-state index is -0.888. The van der Waals surface area contributed by atoms with E-state index in [2.05, 4.69) is 10.6 Å². The fourth-order valence-corrected chi connectivity index (χ4v) is 2.35. The van der Waals surface area contributed by atoms with E-state index in [4.69, 9.17) is 5.11 Å². The van der Waals surface area contributed by atoms with Gasteiger partial charge in [0, 0.05) is 18.1 Å². The maximum Gasteiger partial charge on any atom is 0.404 e. The Balaban J connectivity index is 1.89. The van der Waals surface area contributed by atoms with Crippen LogP contribution in [0.3, 0.4) is 0 Å². The highest BCUT2D eigenvalue weighted by Crippen LogP contribution is 2.26. The minimum Gasteiger partial charge on any atom is -0.465 e. The summed E-state index contributed by atoms with van der Waals surface area (Å²) >= 11 is 0. The molecule has 1 amide bonds. The molecule has 1 unspecified atom stereocenters. The summed E-state index contributed by atoms with van der Waals surface area (Å²) in [6.45, 7) is 0. The Hall–Kier alpha value is -0.770. The van der Waals surface area contributed by atoms with Gasteiger partial charge in [-0.3, -0.25) is 0 Å². The Morgan fingerprint density at radius 1 is 1.33 bits per heavy atom. The standard InChI is InChI=1S/C8H14N2O2/c11-8(12)10-7-3-5-1-2-6(4-7)9-5/h5-7,9-10H,1-4H2,(H,11,12)/t5-,6+,7?. The Morgan fingerprint density at radius 2 is 1.92 bits per heavy atom. The van der Waals surface area contributed by atoms with Gasteiger partial charge >= 0.3 is 6.09 Å². The van der Waals surface area contributed by atoms with Crippen molar-refractivity contribution in [1.82, 2.24) is 10.6 Å². The second-order valence-corrected chi connectivity index (χ2v) is 3.76. The summed E-state index contributed by atoms with van der Waals surface area (Å²) in [5.41, 5.74) is 0. The predicted molar refractivity (Wildman–Crippen MR) is 44.1 cm³/mol. The maximum atomic E-state index is 10.4. The van der Waals surface area contributed by atoms with E-state index in [-0.39, 0.29) is 6.04 Å². The molecule has 2 aliphatic heterocycles. The third-order valence-electron chi connectivity index (χ3n) is 2.80. The largest absolute Gasteiger partial charge is 0.465 e. The van der Waals surface area contributed by atoms with Gasteiger partial charge in [0.15, 0.2) is 0 Å². The molecule has 0 spiro atoms. The van der Waals surface area contributed by atoms with Gasteiger partial charge in [0.1, 0.15) is 0 Å². The van der Waals surface area contributed by atoms with E-state index in [1.54, 1.807) is 0 Å². The summed E-state index contributed by atoms with van der Waals surface area (Å²) in [6, 6.07) is 1.29. The zero-order chi connectivity index (χ0) is 8.55. The molecule has 12 heavy (non-hydrogen) atoms. The molecule has 68 valence electrons. The number of rotatable bonds is 1. The normalized spacial score (nSPS) is 39.5. The second-order valence-electron chi connectivity index (χ2n) is 3.76. The molecule has 2 rings (SSSR count). The summed E-state index contributed by atoms with van der Waals surface area (Å²) < 4.78 is 0. The van der Waals surface area contributed by atoms with Gasteiger partial charge in [-0.05, 0) is 25.7 Å². The molecule has 2 fully saturated rings. The first-order valence-electron chi connectivity index (χ1n) is 4.49. The monoisotopic (exact) mass is 170 g/mol. The summed E-state index contributed by atoms with van der Waals surface area (Å²) in [7, 11) is 0. The van der Waals surface area contributed by atoms with Crippen LogP contribution in [0.2, 0.25) is 0 Å². The molecule has 0 aliphatic carbocycles. The third-order valence-corrected chi connectivity index (χ3v) is 2.80. The van der Waals surface area contributed by atoms with Crippen LogP contribution in [0, 0.1) is 0 Å². The first-order valence-corrected chi connectivity index (χ1v) is 4.49. The fourth-order valence-electron chi connectivity index (χ4n) is 2.35. The van der Waals surface area contributed by atoms with Crippen molar-refractivity contribution in [2.45, 2.75) is 43.8 Å². The first-order chi connectivity index (χ1) is 5.74. The molecule has 0 radical (unpaired) electrons. The number of hydrogen-bond donors (Lipinski definition) is 3. The highest BCUT2D eigenvalue weighted by atomic mass is 16.4. The predicted octanol–water partition coefficient (Wildman–Crippen LogP) is 0.537. The molecule has 0 aromatic heterocycles. The van der Waals surface area contributed by atoms with Gasteiger partial charge in [0.2, 0.25) is 0 Å². The number of piperidine rings is 1. The van der Waals surface area contributed by atoms with Crippen molar-refractivity contribution >= 4 is 6.09 Å². The molecule has 0 aromatic rings. The molecule has 2 saturated heterocycles. The van der Waals surface area contributed by atoms with Gasteiger partial charge in [-0.25, -0.2) is 4.79 Å². The summed E-state index contributed by atoms with van der Waals surface area (Å²) in [5, 5.41) is 14.5. The molecule has 2 heterocycles. The molecule has 4 nitrogen and oxygen atoms in total. The SMILES string of the molecule is O=C(O)NC1C[C@H]2CC[C@@H](C1)N2. The molecular weight excluding hydrogens is 156 g/mol. The Bertz CT molecular complexity index is 183. The zero-order valence-corrected chi connectivity index (χ0v) is 6.92. The number of hydrogen-bond acceptors (Lipinski definition) is 2. The zero-order valence-electron chi connectivity index (χ0n) is 6.92. The van der Waals surface area contributed by atoms with Crippen LogP contribution in [0.4, 0.5) is 4.79 Å². The average Bonchev–Trinajstić information content (AvgIpc) is 2.29. The van der Waals surface area contributed by atoms with Crippen molar-refractivity contribution in [2.75, 3.05) is 0 Å². The molecule has 3 N–H and O–H groups in total. The van der Waals surface area contributed by atoms with Crippen LogP contribution >= 0.6 is 0 Å². The Labute approximate surface area is 71.3 Å². The van der Waals surface area contributed by atoms with Gasteiger partial charge in [0.25, 0.3) is 0 Å². The van der Waals surface area contributed by atoms with E-state index in [0.717, 1.165) is 12.8 Å². The average molecular weight is 170 g/mol. The van der Waals surface area contributed by atoms with Crippen LogP contribution in [0.25, 0.3) is 0 Å². The number of nitrogens with one attached hydrogen (secondary N) is 2. The highest BCUT2D eigenvalue weighted by Gasteiger charge is 2.33. The second kappa shape index (κ2) is 2.94. The van der Waals surface area contributed by atoms with Gasteiger partial charge in [0.05, 0.1) is 0 Å². The molecule has 0 aromatic carbocycles. The van der Waals surface area contributed by atoms with Crippen LogP contribution in [0.5, 0.6) is 0 Å². The van der Waals surface area contributed by atoms with Crippen molar-refractivity contribution in [3.05, 3.63) is 0 Å². The topological polar surface area (TPSA) is 61.4 Å². The quantitative estimate of drug-likeness (QED) is 0.538. The van der Waals surface area contributed by atoms with E-state index < -0.39 is 6.09 Å². The van der Waals surface area contributed by atoms with Crippen molar-refractivity contribution < 1.29 is 9.90 Å². The lowest BCUT2D eigenvalue weighted by Gasteiger charge is -2.28. The van der Waals surface area contributed by atoms with E-state index in [9.17, 15) is 4.79 Å². The van der Waals surface area contributed by atoms with Gasteiger partial charge in [-0.2, -0.15) is 0 Å². The summed E-state index contributed by atoms with van der Waals surface area (Å²) in [5.74, 6) is 0. The molecule has 2 aliphatic rings. The van der Waals surface area contributed by atoms with E-state index in [1.165, 1.54) is 12.8 Å². The number of amides is 1. The van der Waals surface area contributed by atoms with E-state index in [1.807, 2.05) is 0 Å². The van der Waals surface area contributed by atoms with Gasteiger partial charge < -0.3 is 15.7 Å². The van der Waals surface area contributed by atoms with E-state index >= 15 is 0 Å². The number of carbonyl (C=O) groups is 1. The minimum absolute atomic E-state index is 0.182. The molecule has 2 bridgehead atoms. The van der Waals surface area contributed by atoms with E-state index in [0.29, 0.717) is 12.1 Å². The van der Waals surface area contributed by atoms with Crippen LogP contribution in [-0.2, 0) is 0 Å². The summed E-state index contributed by atoms with van der Waals surface area (Å²) in [6.07, 6.45) is 3.46. The lowest BCUT2D eigenvalue weighted by atomic mass is 10.0. The van der Waals surface area contributed by atoms with Crippen LogP contribution < -0.4 is 10.6 Å². The van der Waals surface area contributed by atoms with Crippen LogP contribution in [0.1, 0.15) is 25.7 Å². The van der Waals surface area contributed by atoms with Crippen molar-refractivity contribution in [2.24, 2.45) is 0 Å². The van der Waals surface area contributed by atoms with Crippen molar-refractivity contribution in [3.63, 3.8) is 0 Å². The number of fused-ring (bicyclic) bond motifs is 2. The fraction of sp³-hybridized carbons (Fsp3) is 0.875. The van der Waals surface area contributed by atoms with Gasteiger partial charge in [-0.1, -0.05) is 0 Å². The Kier molecular flexibility index (Phi) is 1.92. The number of carboxylic acid groups (broad SMARTS) is 1. The molecule has 0 saturated carbocycles. The third kappa shape index (κ3) is 1.53. The van der Waals surface area contributed by atoms with Crippen LogP contribution in [0.15, 0.2) is 0 Å².